The number of rotatable bonds is 10. The Morgan fingerprint density at radius 2 is 1.61 bits per heavy atom. The van der Waals surface area contributed by atoms with E-state index < -0.39 is 0 Å². The average molecular weight is 430 g/mol. The van der Waals surface area contributed by atoms with E-state index in [1.165, 1.54) is 21.3 Å². The van der Waals surface area contributed by atoms with Gasteiger partial charge in [0.1, 0.15) is 0 Å². The second-order valence-corrected chi connectivity index (χ2v) is 7.41. The normalized spacial score (nSPS) is 13.0. The van der Waals surface area contributed by atoms with Crippen LogP contribution in [0.15, 0.2) is 18.2 Å². The number of benzene rings is 2. The summed E-state index contributed by atoms with van der Waals surface area (Å²) in [7, 11) is 6.21. The van der Waals surface area contributed by atoms with Gasteiger partial charge in [-0.2, -0.15) is 0 Å². The van der Waals surface area contributed by atoms with Crippen molar-refractivity contribution in [3.8, 4) is 34.5 Å². The van der Waals surface area contributed by atoms with Crippen molar-refractivity contribution < 1.29 is 33.2 Å². The summed E-state index contributed by atoms with van der Waals surface area (Å²) in [4.78, 5) is 13.2. The number of carbonyl (C=O) groups excluding carboxylic acids is 1. The van der Waals surface area contributed by atoms with Crippen molar-refractivity contribution in [3.05, 3.63) is 34.9 Å². The van der Waals surface area contributed by atoms with Crippen molar-refractivity contribution >= 4 is 5.78 Å². The predicted molar refractivity (Wildman–Crippen MR) is 117 cm³/mol. The van der Waals surface area contributed by atoms with Crippen LogP contribution in [0.4, 0.5) is 0 Å². The SMILES string of the molecule is CCCc1cc2c(c(OC)c1C(C)CC(=O)c1cc(OC)c(OC)c(OC)c1)OCO2. The van der Waals surface area contributed by atoms with Crippen LogP contribution >= 0.6 is 0 Å². The number of aryl methyl sites for hydroxylation is 1. The van der Waals surface area contributed by atoms with Gasteiger partial charge < -0.3 is 28.4 Å². The fraction of sp³-hybridized carbons (Fsp3) is 0.458. The van der Waals surface area contributed by atoms with Crippen LogP contribution in [0, 0.1) is 0 Å². The predicted octanol–water partition coefficient (Wildman–Crippen LogP) is 4.78. The summed E-state index contributed by atoms with van der Waals surface area (Å²) >= 11 is 0. The highest BCUT2D eigenvalue weighted by Crippen LogP contribution is 2.48. The number of hydrogen-bond donors (Lipinski definition) is 0. The molecule has 0 bridgehead atoms. The molecule has 3 rings (SSSR count). The minimum Gasteiger partial charge on any atom is -0.493 e. The number of ether oxygens (including phenoxy) is 6. The molecule has 0 aromatic heterocycles. The zero-order valence-corrected chi connectivity index (χ0v) is 19.0. The first-order valence-corrected chi connectivity index (χ1v) is 10.3. The lowest BCUT2D eigenvalue weighted by atomic mass is 9.87. The Balaban J connectivity index is 1.96. The molecule has 2 aromatic rings. The third kappa shape index (κ3) is 4.36. The summed E-state index contributed by atoms with van der Waals surface area (Å²) in [5.74, 6) is 3.15. The van der Waals surface area contributed by atoms with Crippen LogP contribution in [0.25, 0.3) is 0 Å². The molecule has 0 spiro atoms. The van der Waals surface area contributed by atoms with E-state index in [0.717, 1.165) is 24.0 Å². The van der Waals surface area contributed by atoms with Crippen LogP contribution in [0.3, 0.4) is 0 Å². The Bertz CT molecular complexity index is 926. The molecule has 7 heteroatoms. The van der Waals surface area contributed by atoms with Gasteiger partial charge in [-0.15, -0.1) is 0 Å². The van der Waals surface area contributed by atoms with Gasteiger partial charge in [0.15, 0.2) is 28.8 Å². The molecule has 0 radical (unpaired) electrons. The molecule has 1 aliphatic rings. The Labute approximate surface area is 183 Å². The number of Topliss-reactive ketones (excluding diaryl/α,β-unsaturated/α-hetero) is 1. The van der Waals surface area contributed by atoms with Gasteiger partial charge in [-0.3, -0.25) is 4.79 Å². The van der Waals surface area contributed by atoms with E-state index in [1.807, 2.05) is 13.0 Å². The third-order valence-electron chi connectivity index (χ3n) is 5.44. The fourth-order valence-electron chi connectivity index (χ4n) is 4.04. The monoisotopic (exact) mass is 430 g/mol. The van der Waals surface area contributed by atoms with Crippen molar-refractivity contribution in [3.63, 3.8) is 0 Å². The molecular weight excluding hydrogens is 400 g/mol. The molecule has 1 aliphatic heterocycles. The van der Waals surface area contributed by atoms with Crippen molar-refractivity contribution in [1.29, 1.82) is 0 Å². The van der Waals surface area contributed by atoms with Crippen molar-refractivity contribution in [2.75, 3.05) is 35.2 Å². The first-order valence-electron chi connectivity index (χ1n) is 10.3. The molecule has 0 aliphatic carbocycles. The van der Waals surface area contributed by atoms with E-state index in [1.54, 1.807) is 19.2 Å². The zero-order chi connectivity index (χ0) is 22.5. The minimum absolute atomic E-state index is 0.0334. The van der Waals surface area contributed by atoms with E-state index in [9.17, 15) is 4.79 Å². The number of carbonyl (C=O) groups is 1. The molecule has 0 amide bonds. The summed E-state index contributed by atoms with van der Waals surface area (Å²) in [6.45, 7) is 4.31. The Morgan fingerprint density at radius 1 is 0.968 bits per heavy atom. The van der Waals surface area contributed by atoms with Crippen LogP contribution in [-0.4, -0.2) is 41.0 Å². The van der Waals surface area contributed by atoms with Crippen LogP contribution in [0.5, 0.6) is 34.5 Å². The maximum absolute atomic E-state index is 13.2. The average Bonchev–Trinajstić information content (AvgIpc) is 3.25. The summed E-state index contributed by atoms with van der Waals surface area (Å²) in [5, 5.41) is 0. The molecule has 0 saturated carbocycles. The lowest BCUT2D eigenvalue weighted by Gasteiger charge is -2.21. The molecule has 168 valence electrons. The largest absolute Gasteiger partial charge is 0.493 e. The molecule has 0 fully saturated rings. The zero-order valence-electron chi connectivity index (χ0n) is 19.0. The van der Waals surface area contributed by atoms with Gasteiger partial charge in [-0.05, 0) is 36.1 Å². The van der Waals surface area contributed by atoms with Crippen LogP contribution in [-0.2, 0) is 6.42 Å². The number of hydrogen-bond acceptors (Lipinski definition) is 7. The number of fused-ring (bicyclic) bond motifs is 1. The van der Waals surface area contributed by atoms with Crippen LogP contribution in [0.1, 0.15) is 54.1 Å². The smallest absolute Gasteiger partial charge is 0.231 e. The highest BCUT2D eigenvalue weighted by molar-refractivity contribution is 5.98. The molecule has 1 heterocycles. The molecule has 2 aromatic carbocycles. The summed E-state index contributed by atoms with van der Waals surface area (Å²) < 4.78 is 33.1. The lowest BCUT2D eigenvalue weighted by Crippen LogP contribution is -2.10. The summed E-state index contributed by atoms with van der Waals surface area (Å²) in [5.41, 5.74) is 2.58. The Hall–Kier alpha value is -3.09. The van der Waals surface area contributed by atoms with E-state index in [-0.39, 0.29) is 24.9 Å². The lowest BCUT2D eigenvalue weighted by molar-refractivity contribution is 0.0974. The molecule has 7 nitrogen and oxygen atoms in total. The van der Waals surface area contributed by atoms with Crippen LogP contribution in [0.2, 0.25) is 0 Å². The highest BCUT2D eigenvalue weighted by Gasteiger charge is 2.29. The highest BCUT2D eigenvalue weighted by atomic mass is 16.7. The van der Waals surface area contributed by atoms with Gasteiger partial charge in [0.2, 0.25) is 18.3 Å². The van der Waals surface area contributed by atoms with E-state index in [4.69, 9.17) is 28.4 Å². The van der Waals surface area contributed by atoms with Gasteiger partial charge in [0.25, 0.3) is 0 Å². The summed E-state index contributed by atoms with van der Waals surface area (Å²) in [6.07, 6.45) is 2.10. The van der Waals surface area contributed by atoms with Crippen molar-refractivity contribution in [2.45, 2.75) is 39.0 Å². The molecular formula is C24H30O7. The number of ketones is 1. The first kappa shape index (κ1) is 22.6. The summed E-state index contributed by atoms with van der Waals surface area (Å²) in [6, 6.07) is 5.37. The molecule has 0 N–H and O–H groups in total. The van der Waals surface area contributed by atoms with E-state index in [2.05, 4.69) is 6.92 Å². The van der Waals surface area contributed by atoms with Gasteiger partial charge in [0.05, 0.1) is 28.4 Å². The standard InChI is InChI=1S/C24H30O7/c1-7-8-15-10-20-23(31-13-30-20)24(29-6)21(15)14(2)9-17(25)16-11-18(26-3)22(28-5)19(12-16)27-4/h10-12,14H,7-9,13H2,1-6H3. The first-order chi connectivity index (χ1) is 15.0. The second-order valence-electron chi connectivity index (χ2n) is 7.41. The van der Waals surface area contributed by atoms with Gasteiger partial charge >= 0.3 is 0 Å². The van der Waals surface area contributed by atoms with E-state index in [0.29, 0.717) is 40.1 Å². The molecule has 1 unspecified atom stereocenters. The third-order valence-corrected chi connectivity index (χ3v) is 5.44. The Morgan fingerprint density at radius 3 is 2.16 bits per heavy atom. The quantitative estimate of drug-likeness (QED) is 0.502. The maximum Gasteiger partial charge on any atom is 0.231 e. The number of methoxy groups -OCH3 is 4. The topological polar surface area (TPSA) is 72.5 Å². The second kappa shape index (κ2) is 9.81. The molecule has 31 heavy (non-hydrogen) atoms. The maximum atomic E-state index is 13.2. The van der Waals surface area contributed by atoms with Crippen molar-refractivity contribution in [1.82, 2.24) is 0 Å². The Kier molecular flexibility index (Phi) is 7.15. The molecule has 0 saturated heterocycles. The minimum atomic E-state index is -0.0995. The van der Waals surface area contributed by atoms with Gasteiger partial charge in [-0.25, -0.2) is 0 Å². The van der Waals surface area contributed by atoms with Crippen LogP contribution < -0.4 is 28.4 Å². The fourth-order valence-corrected chi connectivity index (χ4v) is 4.04. The van der Waals surface area contributed by atoms with Crippen molar-refractivity contribution in [2.24, 2.45) is 0 Å². The molecule has 1 atom stereocenters. The van der Waals surface area contributed by atoms with Gasteiger partial charge in [0, 0.05) is 17.5 Å². The van der Waals surface area contributed by atoms with E-state index >= 15 is 0 Å². The van der Waals surface area contributed by atoms with Gasteiger partial charge in [-0.1, -0.05) is 20.3 Å².